The topological polar surface area (TPSA) is 86.9 Å². The summed E-state index contributed by atoms with van der Waals surface area (Å²) in [5, 5.41) is 0. The van der Waals surface area contributed by atoms with Gasteiger partial charge < -0.3 is 10.6 Å². The van der Waals surface area contributed by atoms with Gasteiger partial charge in [-0.3, -0.25) is 9.69 Å². The number of piperazine rings is 1. The van der Waals surface area contributed by atoms with Crippen LogP contribution in [0.15, 0.2) is 0 Å². The highest BCUT2D eigenvalue weighted by atomic mass is 32.2. The van der Waals surface area contributed by atoms with Crippen molar-refractivity contribution in [2.45, 2.75) is 6.42 Å². The number of hydrogen-bond acceptors (Lipinski definition) is 5. The zero-order chi connectivity index (χ0) is 14.5. The van der Waals surface area contributed by atoms with Crippen molar-refractivity contribution in [2.24, 2.45) is 5.73 Å². The summed E-state index contributed by atoms with van der Waals surface area (Å²) >= 11 is 0. The van der Waals surface area contributed by atoms with Gasteiger partial charge in [-0.1, -0.05) is 0 Å². The minimum absolute atomic E-state index is 0.0488. The number of carbonyl (C=O) groups excluding carboxylic acids is 1. The quantitative estimate of drug-likeness (QED) is 0.635. The second-order valence-corrected chi connectivity index (χ2v) is 6.91. The normalized spacial score (nSPS) is 18.0. The molecule has 0 aliphatic carbocycles. The molecule has 0 unspecified atom stereocenters. The number of rotatable bonds is 6. The van der Waals surface area contributed by atoms with Gasteiger partial charge >= 0.3 is 0 Å². The Bertz CT molecular complexity index is 391. The van der Waals surface area contributed by atoms with Crippen LogP contribution in [0.25, 0.3) is 0 Å². The summed E-state index contributed by atoms with van der Waals surface area (Å²) in [6.07, 6.45) is 2.07. The number of hydrogen-bond donors (Lipinski definition) is 1. The van der Waals surface area contributed by atoms with Gasteiger partial charge in [0.25, 0.3) is 0 Å². The molecule has 1 aliphatic rings. The van der Waals surface area contributed by atoms with E-state index in [1.54, 1.807) is 4.90 Å². The number of nitrogens with two attached hydrogens (primary N) is 1. The van der Waals surface area contributed by atoms with Gasteiger partial charge in [0, 0.05) is 26.2 Å². The largest absolute Gasteiger partial charge is 0.339 e. The van der Waals surface area contributed by atoms with Crippen LogP contribution >= 0.6 is 0 Å². The molecule has 0 atom stereocenters. The molecule has 0 aromatic heterocycles. The Hall–Kier alpha value is -0.700. The zero-order valence-electron chi connectivity index (χ0n) is 11.7. The molecule has 2 N–H and O–H groups in total. The number of nitrogens with zero attached hydrogens (tertiary/aromatic N) is 3. The van der Waals surface area contributed by atoms with Crippen LogP contribution in [-0.2, 0) is 14.8 Å². The lowest BCUT2D eigenvalue weighted by Crippen LogP contribution is -2.52. The monoisotopic (exact) mass is 292 g/mol. The fourth-order valence-electron chi connectivity index (χ4n) is 2.04. The number of likely N-dealkylation sites (N-methyl/N-ethyl adjacent to an activating group) is 1. The van der Waals surface area contributed by atoms with E-state index in [-0.39, 0.29) is 5.91 Å². The summed E-state index contributed by atoms with van der Waals surface area (Å²) in [5.41, 5.74) is 5.42. The van der Waals surface area contributed by atoms with Gasteiger partial charge in [-0.15, -0.1) is 0 Å². The minimum atomic E-state index is -3.14. The zero-order valence-corrected chi connectivity index (χ0v) is 12.5. The second kappa shape index (κ2) is 7.18. The Labute approximate surface area is 115 Å². The predicted octanol–water partition coefficient (Wildman–Crippen LogP) is -1.63. The third-order valence-corrected chi connectivity index (χ3v) is 4.51. The van der Waals surface area contributed by atoms with Crippen molar-refractivity contribution in [1.82, 2.24) is 14.1 Å². The van der Waals surface area contributed by atoms with Crippen LogP contribution in [0.5, 0.6) is 0 Å². The van der Waals surface area contributed by atoms with E-state index in [1.165, 1.54) is 10.6 Å². The van der Waals surface area contributed by atoms with Crippen molar-refractivity contribution >= 4 is 15.9 Å². The first-order valence-electron chi connectivity index (χ1n) is 6.46. The van der Waals surface area contributed by atoms with Crippen LogP contribution in [0.4, 0.5) is 0 Å². The molecule has 1 aliphatic heterocycles. The number of sulfonamides is 1. The van der Waals surface area contributed by atoms with Crippen molar-refractivity contribution in [3.63, 3.8) is 0 Å². The molecule has 1 rings (SSSR count). The van der Waals surface area contributed by atoms with E-state index < -0.39 is 10.0 Å². The molecule has 7 nitrogen and oxygen atoms in total. The third kappa shape index (κ3) is 5.43. The SMILES string of the molecule is CN(CCCN)CC(=O)N1CCN(S(C)(=O)=O)CC1. The van der Waals surface area contributed by atoms with Gasteiger partial charge in [0.15, 0.2) is 0 Å². The van der Waals surface area contributed by atoms with Crippen LogP contribution in [-0.4, -0.2) is 87.5 Å². The van der Waals surface area contributed by atoms with Crippen molar-refractivity contribution < 1.29 is 13.2 Å². The maximum atomic E-state index is 12.0. The maximum Gasteiger partial charge on any atom is 0.236 e. The Kier molecular flexibility index (Phi) is 6.18. The highest BCUT2D eigenvalue weighted by Crippen LogP contribution is 2.06. The molecule has 112 valence electrons. The summed E-state index contributed by atoms with van der Waals surface area (Å²) in [6, 6.07) is 0. The Morgan fingerprint density at radius 2 is 1.84 bits per heavy atom. The summed E-state index contributed by atoms with van der Waals surface area (Å²) in [4.78, 5) is 15.7. The van der Waals surface area contributed by atoms with E-state index in [9.17, 15) is 13.2 Å². The molecule has 0 bridgehead atoms. The van der Waals surface area contributed by atoms with E-state index in [0.717, 1.165) is 13.0 Å². The van der Waals surface area contributed by atoms with Crippen LogP contribution in [0, 0.1) is 0 Å². The second-order valence-electron chi connectivity index (χ2n) is 4.92. The average Bonchev–Trinajstić information content (AvgIpc) is 2.35. The lowest BCUT2D eigenvalue weighted by molar-refractivity contribution is -0.133. The molecular weight excluding hydrogens is 268 g/mol. The molecule has 1 amide bonds. The molecule has 0 saturated carbocycles. The number of amides is 1. The molecule has 0 radical (unpaired) electrons. The maximum absolute atomic E-state index is 12.0. The molecule has 0 spiro atoms. The van der Waals surface area contributed by atoms with Gasteiger partial charge in [-0.25, -0.2) is 8.42 Å². The summed E-state index contributed by atoms with van der Waals surface area (Å²) < 4.78 is 24.1. The number of carbonyl (C=O) groups is 1. The van der Waals surface area contributed by atoms with Crippen molar-refractivity contribution in [2.75, 3.05) is 59.1 Å². The van der Waals surface area contributed by atoms with Crippen LogP contribution in [0.2, 0.25) is 0 Å². The Balaban J connectivity index is 2.37. The van der Waals surface area contributed by atoms with E-state index in [2.05, 4.69) is 0 Å². The van der Waals surface area contributed by atoms with Crippen LogP contribution < -0.4 is 5.73 Å². The van der Waals surface area contributed by atoms with Gasteiger partial charge in [0.2, 0.25) is 15.9 Å². The highest BCUT2D eigenvalue weighted by molar-refractivity contribution is 7.88. The first kappa shape index (κ1) is 16.4. The molecule has 1 fully saturated rings. The van der Waals surface area contributed by atoms with Crippen molar-refractivity contribution in [3.05, 3.63) is 0 Å². The van der Waals surface area contributed by atoms with Gasteiger partial charge in [-0.2, -0.15) is 4.31 Å². The third-order valence-electron chi connectivity index (χ3n) is 3.21. The lowest BCUT2D eigenvalue weighted by atomic mass is 10.3. The molecule has 1 saturated heterocycles. The molecular formula is C11H24N4O3S. The first-order valence-corrected chi connectivity index (χ1v) is 8.31. The average molecular weight is 292 g/mol. The standard InChI is InChI=1S/C11H24N4O3S/c1-13(5-3-4-12)10-11(16)14-6-8-15(9-7-14)19(2,17)18/h3-10,12H2,1-2H3. The smallest absolute Gasteiger partial charge is 0.236 e. The first-order chi connectivity index (χ1) is 8.84. The van der Waals surface area contributed by atoms with Crippen LogP contribution in [0.3, 0.4) is 0 Å². The summed E-state index contributed by atoms with van der Waals surface area (Å²) in [6.45, 7) is 3.48. The highest BCUT2D eigenvalue weighted by Gasteiger charge is 2.26. The Morgan fingerprint density at radius 1 is 1.26 bits per heavy atom. The summed E-state index contributed by atoms with van der Waals surface area (Å²) in [7, 11) is -1.25. The minimum Gasteiger partial charge on any atom is -0.339 e. The molecule has 8 heteroatoms. The molecule has 1 heterocycles. The lowest BCUT2D eigenvalue weighted by Gasteiger charge is -2.34. The van der Waals surface area contributed by atoms with E-state index in [0.29, 0.717) is 39.3 Å². The Morgan fingerprint density at radius 3 is 2.32 bits per heavy atom. The van der Waals surface area contributed by atoms with E-state index in [4.69, 9.17) is 5.73 Å². The molecule has 0 aromatic carbocycles. The van der Waals surface area contributed by atoms with Gasteiger partial charge in [-0.05, 0) is 26.6 Å². The fourth-order valence-corrected chi connectivity index (χ4v) is 2.87. The van der Waals surface area contributed by atoms with E-state index in [1.807, 2.05) is 11.9 Å². The predicted molar refractivity (Wildman–Crippen MR) is 74.2 cm³/mol. The molecule has 0 aromatic rings. The van der Waals surface area contributed by atoms with Crippen LogP contribution in [0.1, 0.15) is 6.42 Å². The van der Waals surface area contributed by atoms with Crippen molar-refractivity contribution in [1.29, 1.82) is 0 Å². The fraction of sp³-hybridized carbons (Fsp3) is 0.909. The van der Waals surface area contributed by atoms with Gasteiger partial charge in [0.05, 0.1) is 12.8 Å². The summed E-state index contributed by atoms with van der Waals surface area (Å²) in [5.74, 6) is 0.0488. The molecule has 19 heavy (non-hydrogen) atoms. The van der Waals surface area contributed by atoms with Gasteiger partial charge in [0.1, 0.15) is 0 Å². The van der Waals surface area contributed by atoms with Crippen molar-refractivity contribution in [3.8, 4) is 0 Å². The van der Waals surface area contributed by atoms with E-state index >= 15 is 0 Å².